The van der Waals surface area contributed by atoms with E-state index in [1.54, 1.807) is 31.7 Å². The van der Waals surface area contributed by atoms with E-state index in [4.69, 9.17) is 22.4 Å². The number of carbonyl (C=O) groups is 2. The second kappa shape index (κ2) is 12.0. The zero-order valence-corrected chi connectivity index (χ0v) is 21.4. The molecular formula is C21H27ClN3O5Y-. The number of aliphatic hydroxyl groups excluding tert-OH is 1. The van der Waals surface area contributed by atoms with Gasteiger partial charge in [-0.3, -0.25) is 14.9 Å². The zero-order chi connectivity index (χ0) is 22.5. The maximum absolute atomic E-state index is 12.3. The van der Waals surface area contributed by atoms with Crippen molar-refractivity contribution >= 4 is 40.1 Å². The van der Waals surface area contributed by atoms with Crippen molar-refractivity contribution in [2.24, 2.45) is 0 Å². The van der Waals surface area contributed by atoms with Crippen LogP contribution in [-0.2, 0) is 42.2 Å². The Balaban J connectivity index is 0.000000461. The molecule has 3 rings (SSSR count). The van der Waals surface area contributed by atoms with Gasteiger partial charge in [0, 0.05) is 62.5 Å². The number of halogens is 1. The van der Waals surface area contributed by atoms with Crippen molar-refractivity contribution in [3.8, 4) is 5.75 Å². The van der Waals surface area contributed by atoms with E-state index in [-0.39, 0.29) is 63.6 Å². The fourth-order valence-electron chi connectivity index (χ4n) is 3.33. The van der Waals surface area contributed by atoms with E-state index in [2.05, 4.69) is 10.1 Å². The van der Waals surface area contributed by atoms with Crippen molar-refractivity contribution in [3.05, 3.63) is 41.6 Å². The van der Waals surface area contributed by atoms with Crippen molar-refractivity contribution in [1.29, 1.82) is 0 Å². The summed E-state index contributed by atoms with van der Waals surface area (Å²) < 4.78 is 4.47. The molecule has 2 aromatic carbocycles. The topological polar surface area (TPSA) is 123 Å². The summed E-state index contributed by atoms with van der Waals surface area (Å²) in [4.78, 5) is 23.8. The Labute approximate surface area is 211 Å². The molecule has 0 fully saturated rings. The number of hydrogen-bond donors (Lipinski definition) is 3. The number of amides is 2. The first-order valence-electron chi connectivity index (χ1n) is 9.46. The van der Waals surface area contributed by atoms with Crippen molar-refractivity contribution in [1.82, 2.24) is 5.32 Å². The van der Waals surface area contributed by atoms with E-state index in [1.165, 1.54) is 0 Å². The molecular weight excluding hydrogens is 499 g/mol. The Bertz CT molecular complexity index is 920. The summed E-state index contributed by atoms with van der Waals surface area (Å²) in [5.41, 5.74) is 7.56. The number of nitrogens with one attached hydrogen (secondary N) is 2. The van der Waals surface area contributed by atoms with Gasteiger partial charge in [0.2, 0.25) is 12.0 Å². The van der Waals surface area contributed by atoms with Crippen molar-refractivity contribution < 1.29 is 57.2 Å². The van der Waals surface area contributed by atoms with Crippen LogP contribution in [0.3, 0.4) is 0 Å². The van der Waals surface area contributed by atoms with Gasteiger partial charge in [0.1, 0.15) is 11.4 Å². The molecule has 1 aliphatic rings. The van der Waals surface area contributed by atoms with E-state index in [9.17, 15) is 14.7 Å². The van der Waals surface area contributed by atoms with Crippen LogP contribution in [0.2, 0.25) is 0 Å². The second-order valence-corrected chi connectivity index (χ2v) is 8.13. The molecule has 10 heteroatoms. The minimum atomic E-state index is -0.975. The number of fused-ring (bicyclic) bond motifs is 3. The molecule has 0 saturated heterocycles. The number of anilines is 1. The molecule has 167 valence electrons. The summed E-state index contributed by atoms with van der Waals surface area (Å²) in [6.07, 6.45) is -0.975. The standard InChI is InChI=1S/C16H17ClN2O3.C5H11NO2.Y/c17-6-10-8-19(15(22)7-18-9-20)13-5-14(21)11-3-1-2-4-12(11)16(10)13;1-5(2,3)8-4(6)7;/h1-5,10,18,20-21H,6-9H2;1-3H3,(H2,6,7);/p-1/t10-;;/m1../s1. The molecule has 2 amide bonds. The van der Waals surface area contributed by atoms with Crippen LogP contribution in [0.1, 0.15) is 32.3 Å². The first kappa shape index (κ1) is 27.6. The normalized spacial score (nSPS) is 14.9. The third-order valence-electron chi connectivity index (χ3n) is 4.42. The van der Waals surface area contributed by atoms with Crippen LogP contribution >= 0.6 is 11.6 Å². The third-order valence-corrected chi connectivity index (χ3v) is 4.79. The maximum Gasteiger partial charge on any atom is 0.241 e. The van der Waals surface area contributed by atoms with Crippen LogP contribution < -0.4 is 10.2 Å². The van der Waals surface area contributed by atoms with Crippen LogP contribution in [0, 0.1) is 0 Å². The van der Waals surface area contributed by atoms with Crippen molar-refractivity contribution in [2.75, 3.05) is 30.6 Å². The molecule has 1 aliphatic heterocycles. The predicted octanol–water partition coefficient (Wildman–Crippen LogP) is 3.73. The van der Waals surface area contributed by atoms with Crippen LogP contribution in [0.5, 0.6) is 5.75 Å². The number of phenols is 1. The molecule has 0 bridgehead atoms. The van der Waals surface area contributed by atoms with Crippen molar-refractivity contribution in [2.45, 2.75) is 32.3 Å². The van der Waals surface area contributed by atoms with E-state index in [1.807, 2.05) is 24.3 Å². The van der Waals surface area contributed by atoms with Gasteiger partial charge in [-0.25, -0.2) is 0 Å². The fraction of sp³-hybridized carbons (Fsp3) is 0.429. The minimum Gasteiger partial charge on any atom is -0.632 e. The SMILES string of the molecule is CC(C)(C)OC([NH-])=O.O=C(CNCO)N1C[C@@H](CCl)c2c1cc(O)c1ccccc21.[Y]. The van der Waals surface area contributed by atoms with Gasteiger partial charge in [-0.2, -0.15) is 0 Å². The molecule has 4 N–H and O–H groups in total. The Morgan fingerprint density at radius 1 is 1.29 bits per heavy atom. The largest absolute Gasteiger partial charge is 0.632 e. The average Bonchev–Trinajstić information content (AvgIpc) is 3.03. The summed E-state index contributed by atoms with van der Waals surface area (Å²) >= 11 is 6.09. The van der Waals surface area contributed by atoms with Crippen LogP contribution in [0.4, 0.5) is 10.5 Å². The Kier molecular flexibility index (Phi) is 10.7. The first-order valence-corrected chi connectivity index (χ1v) is 9.99. The van der Waals surface area contributed by atoms with Gasteiger partial charge in [0.05, 0.1) is 19.0 Å². The van der Waals surface area contributed by atoms with E-state index in [0.717, 1.165) is 16.3 Å². The zero-order valence-electron chi connectivity index (χ0n) is 17.8. The van der Waals surface area contributed by atoms with Crippen LogP contribution in [0.15, 0.2) is 30.3 Å². The second-order valence-electron chi connectivity index (χ2n) is 7.82. The number of carbonyl (C=O) groups excluding carboxylic acids is 2. The predicted molar refractivity (Wildman–Crippen MR) is 117 cm³/mol. The van der Waals surface area contributed by atoms with E-state index in [0.29, 0.717) is 18.1 Å². The number of nitrogens with zero attached hydrogens (tertiary/aromatic N) is 1. The number of ether oxygens (including phenoxy) is 1. The number of phenolic OH excluding ortho intramolecular Hbond substituents is 1. The fourth-order valence-corrected chi connectivity index (χ4v) is 3.58. The summed E-state index contributed by atoms with van der Waals surface area (Å²) in [5, 5.41) is 23.3. The summed E-state index contributed by atoms with van der Waals surface area (Å²) in [5.74, 6) is 0.425. The molecule has 1 radical (unpaired) electrons. The molecule has 0 aromatic heterocycles. The number of hydrogen-bond acceptors (Lipinski definition) is 6. The molecule has 0 saturated carbocycles. The maximum atomic E-state index is 12.3. The van der Waals surface area contributed by atoms with Gasteiger partial charge >= 0.3 is 0 Å². The van der Waals surface area contributed by atoms with E-state index >= 15 is 0 Å². The van der Waals surface area contributed by atoms with Gasteiger partial charge in [0.25, 0.3) is 0 Å². The smallest absolute Gasteiger partial charge is 0.241 e. The molecule has 8 nitrogen and oxygen atoms in total. The molecule has 1 atom stereocenters. The molecule has 1 heterocycles. The van der Waals surface area contributed by atoms with Gasteiger partial charge in [-0.05, 0) is 31.7 Å². The molecule has 0 aliphatic carbocycles. The third kappa shape index (κ3) is 7.29. The van der Waals surface area contributed by atoms with Crippen LogP contribution in [-0.4, -0.2) is 53.5 Å². The number of benzene rings is 2. The summed E-state index contributed by atoms with van der Waals surface area (Å²) in [7, 11) is 0. The number of alkyl halides is 1. The Morgan fingerprint density at radius 3 is 2.39 bits per heavy atom. The summed E-state index contributed by atoms with van der Waals surface area (Å²) in [6, 6.07) is 9.20. The number of aromatic hydroxyl groups is 1. The van der Waals surface area contributed by atoms with E-state index < -0.39 is 11.7 Å². The molecule has 0 spiro atoms. The van der Waals surface area contributed by atoms with Gasteiger partial charge in [-0.1, -0.05) is 24.3 Å². The minimum absolute atomic E-state index is 0. The average molecular weight is 526 g/mol. The first-order chi connectivity index (χ1) is 14.1. The Morgan fingerprint density at radius 2 is 1.90 bits per heavy atom. The van der Waals surface area contributed by atoms with Gasteiger partial charge < -0.3 is 25.6 Å². The summed E-state index contributed by atoms with van der Waals surface area (Å²) in [6.45, 7) is 5.43. The molecule has 31 heavy (non-hydrogen) atoms. The van der Waals surface area contributed by atoms with Crippen molar-refractivity contribution in [3.63, 3.8) is 0 Å². The van der Waals surface area contributed by atoms with Gasteiger partial charge in [0.15, 0.2) is 0 Å². The van der Waals surface area contributed by atoms with Crippen LogP contribution in [0.25, 0.3) is 16.5 Å². The molecule has 0 unspecified atom stereocenters. The quantitative estimate of drug-likeness (QED) is 0.413. The van der Waals surface area contributed by atoms with Gasteiger partial charge in [-0.15, -0.1) is 11.6 Å². The molecule has 2 aromatic rings. The number of rotatable bonds is 4. The Hall–Kier alpha value is -1.45. The number of aliphatic hydroxyl groups is 1. The monoisotopic (exact) mass is 525 g/mol.